The molecular weight excluding hydrogens is 265 g/mol. The monoisotopic (exact) mass is 281 g/mol. The van der Waals surface area contributed by atoms with Gasteiger partial charge in [0.15, 0.2) is 18.2 Å². The van der Waals surface area contributed by atoms with Crippen LogP contribution >= 0.6 is 0 Å². The van der Waals surface area contributed by atoms with Crippen LogP contribution in [0.5, 0.6) is 5.75 Å². The van der Waals surface area contributed by atoms with Crippen molar-refractivity contribution in [3.8, 4) is 5.75 Å². The predicted octanol–water partition coefficient (Wildman–Crippen LogP) is 1.67. The van der Waals surface area contributed by atoms with E-state index in [0.29, 0.717) is 13.0 Å². The van der Waals surface area contributed by atoms with Crippen molar-refractivity contribution < 1.29 is 23.8 Å². The van der Waals surface area contributed by atoms with Gasteiger partial charge in [-0.25, -0.2) is 9.18 Å². The lowest BCUT2D eigenvalue weighted by atomic mass is 10.0. The number of piperidine rings is 1. The average molecular weight is 281 g/mol. The van der Waals surface area contributed by atoms with Gasteiger partial charge in [0.05, 0.1) is 0 Å². The van der Waals surface area contributed by atoms with Gasteiger partial charge in [-0.3, -0.25) is 4.79 Å². The van der Waals surface area contributed by atoms with Gasteiger partial charge < -0.3 is 14.7 Å². The number of likely N-dealkylation sites (tertiary alicyclic amines) is 1. The maximum Gasteiger partial charge on any atom is 0.326 e. The largest absolute Gasteiger partial charge is 0.481 e. The summed E-state index contributed by atoms with van der Waals surface area (Å²) in [6.07, 6.45) is 2.00. The number of hydrogen-bond donors (Lipinski definition) is 1. The highest BCUT2D eigenvalue weighted by Crippen LogP contribution is 2.19. The first-order chi connectivity index (χ1) is 9.59. The summed E-state index contributed by atoms with van der Waals surface area (Å²) < 4.78 is 18.5. The summed E-state index contributed by atoms with van der Waals surface area (Å²) in [4.78, 5) is 24.4. The molecule has 1 aliphatic rings. The first-order valence-electron chi connectivity index (χ1n) is 6.49. The molecule has 1 N–H and O–H groups in total. The molecule has 1 aromatic rings. The lowest BCUT2D eigenvalue weighted by molar-refractivity contribution is -0.152. The Morgan fingerprint density at radius 2 is 2.10 bits per heavy atom. The molecule has 5 nitrogen and oxygen atoms in total. The normalized spacial score (nSPS) is 18.6. The molecule has 108 valence electrons. The van der Waals surface area contributed by atoms with E-state index in [2.05, 4.69) is 0 Å². The molecule has 1 aliphatic heterocycles. The number of carbonyl (C=O) groups excluding carboxylic acids is 1. The summed E-state index contributed by atoms with van der Waals surface area (Å²) >= 11 is 0. The Hall–Kier alpha value is -2.11. The van der Waals surface area contributed by atoms with Crippen LogP contribution in [0.1, 0.15) is 19.3 Å². The van der Waals surface area contributed by atoms with Crippen molar-refractivity contribution in [2.75, 3.05) is 13.2 Å². The van der Waals surface area contributed by atoms with Crippen molar-refractivity contribution in [1.82, 2.24) is 4.90 Å². The third-order valence-electron chi connectivity index (χ3n) is 3.30. The van der Waals surface area contributed by atoms with Gasteiger partial charge in [-0.2, -0.15) is 0 Å². The van der Waals surface area contributed by atoms with Crippen LogP contribution in [0.15, 0.2) is 24.3 Å². The summed E-state index contributed by atoms with van der Waals surface area (Å²) in [5.41, 5.74) is 0. The van der Waals surface area contributed by atoms with Gasteiger partial charge >= 0.3 is 5.97 Å². The highest BCUT2D eigenvalue weighted by Gasteiger charge is 2.32. The van der Waals surface area contributed by atoms with Gasteiger partial charge in [-0.05, 0) is 31.4 Å². The van der Waals surface area contributed by atoms with E-state index in [1.54, 1.807) is 6.07 Å². The summed E-state index contributed by atoms with van der Waals surface area (Å²) in [5.74, 6) is -2.00. The Balaban J connectivity index is 1.97. The van der Waals surface area contributed by atoms with Crippen molar-refractivity contribution in [2.45, 2.75) is 25.3 Å². The van der Waals surface area contributed by atoms with E-state index in [4.69, 9.17) is 9.84 Å². The second-order valence-electron chi connectivity index (χ2n) is 4.66. The number of halogens is 1. The molecule has 0 radical (unpaired) electrons. The van der Waals surface area contributed by atoms with Crippen molar-refractivity contribution in [3.05, 3.63) is 30.1 Å². The maximum atomic E-state index is 13.3. The number of carboxylic acid groups (broad SMARTS) is 1. The van der Waals surface area contributed by atoms with Crippen LogP contribution in [0.3, 0.4) is 0 Å². The summed E-state index contributed by atoms with van der Waals surface area (Å²) in [7, 11) is 0. The van der Waals surface area contributed by atoms with E-state index in [-0.39, 0.29) is 12.4 Å². The SMILES string of the molecule is O=C(O)C1CCCCN1C(=O)COc1ccccc1F. The highest BCUT2D eigenvalue weighted by molar-refractivity contribution is 5.84. The van der Waals surface area contributed by atoms with Crippen molar-refractivity contribution in [3.63, 3.8) is 0 Å². The third-order valence-corrected chi connectivity index (χ3v) is 3.30. The minimum Gasteiger partial charge on any atom is -0.481 e. The maximum absolute atomic E-state index is 13.3. The van der Waals surface area contributed by atoms with E-state index in [1.165, 1.54) is 23.1 Å². The zero-order valence-corrected chi connectivity index (χ0v) is 10.9. The Labute approximate surface area is 116 Å². The van der Waals surface area contributed by atoms with Crippen molar-refractivity contribution in [2.24, 2.45) is 0 Å². The molecule has 0 saturated carbocycles. The number of para-hydroxylation sites is 1. The lowest BCUT2D eigenvalue weighted by Crippen LogP contribution is -2.49. The van der Waals surface area contributed by atoms with Gasteiger partial charge in [-0.15, -0.1) is 0 Å². The quantitative estimate of drug-likeness (QED) is 0.911. The Morgan fingerprint density at radius 3 is 2.80 bits per heavy atom. The average Bonchev–Trinajstić information content (AvgIpc) is 2.46. The topological polar surface area (TPSA) is 66.8 Å². The number of ether oxygens (including phenoxy) is 1. The van der Waals surface area contributed by atoms with E-state index in [0.717, 1.165) is 12.8 Å². The molecule has 0 spiro atoms. The number of carboxylic acids is 1. The fraction of sp³-hybridized carbons (Fsp3) is 0.429. The van der Waals surface area contributed by atoms with Crippen LogP contribution in [0, 0.1) is 5.82 Å². The number of nitrogens with zero attached hydrogens (tertiary/aromatic N) is 1. The second kappa shape index (κ2) is 6.36. The first-order valence-corrected chi connectivity index (χ1v) is 6.49. The van der Waals surface area contributed by atoms with Crippen LogP contribution in [0.4, 0.5) is 4.39 Å². The number of aliphatic carboxylic acids is 1. The molecule has 2 rings (SSSR count). The molecule has 20 heavy (non-hydrogen) atoms. The first kappa shape index (κ1) is 14.3. The summed E-state index contributed by atoms with van der Waals surface area (Å²) in [6, 6.07) is 4.98. The molecule has 1 fully saturated rings. The van der Waals surface area contributed by atoms with Gasteiger partial charge in [0.1, 0.15) is 6.04 Å². The third kappa shape index (κ3) is 3.26. The number of amides is 1. The molecular formula is C14H16FNO4. The minimum absolute atomic E-state index is 0.00951. The van der Waals surface area contributed by atoms with Crippen LogP contribution in [0.25, 0.3) is 0 Å². The standard InChI is InChI=1S/C14H16FNO4/c15-10-5-1-2-7-12(10)20-9-13(17)16-8-4-3-6-11(16)14(18)19/h1-2,5,7,11H,3-4,6,8-9H2,(H,18,19). The van der Waals surface area contributed by atoms with E-state index in [9.17, 15) is 14.0 Å². The molecule has 1 atom stereocenters. The number of rotatable bonds is 4. The highest BCUT2D eigenvalue weighted by atomic mass is 19.1. The lowest BCUT2D eigenvalue weighted by Gasteiger charge is -2.32. The smallest absolute Gasteiger partial charge is 0.326 e. The van der Waals surface area contributed by atoms with E-state index in [1.807, 2.05) is 0 Å². The summed E-state index contributed by atoms with van der Waals surface area (Å²) in [6.45, 7) is 0.0428. The fourth-order valence-corrected chi connectivity index (χ4v) is 2.27. The number of benzene rings is 1. The van der Waals surface area contributed by atoms with Crippen LogP contribution in [-0.2, 0) is 9.59 Å². The van der Waals surface area contributed by atoms with Crippen molar-refractivity contribution >= 4 is 11.9 Å². The molecule has 1 heterocycles. The zero-order valence-electron chi connectivity index (χ0n) is 10.9. The molecule has 1 aromatic carbocycles. The Kier molecular flexibility index (Phi) is 4.55. The fourth-order valence-electron chi connectivity index (χ4n) is 2.27. The molecule has 1 saturated heterocycles. The molecule has 1 unspecified atom stereocenters. The zero-order chi connectivity index (χ0) is 14.5. The van der Waals surface area contributed by atoms with Crippen LogP contribution in [0.2, 0.25) is 0 Å². The van der Waals surface area contributed by atoms with Crippen LogP contribution < -0.4 is 4.74 Å². The van der Waals surface area contributed by atoms with Crippen LogP contribution in [-0.4, -0.2) is 41.1 Å². The van der Waals surface area contributed by atoms with E-state index < -0.39 is 23.7 Å². The van der Waals surface area contributed by atoms with Gasteiger partial charge in [0, 0.05) is 6.54 Å². The minimum atomic E-state index is -1.01. The predicted molar refractivity (Wildman–Crippen MR) is 68.9 cm³/mol. The molecule has 0 aliphatic carbocycles. The Bertz CT molecular complexity index is 506. The van der Waals surface area contributed by atoms with Gasteiger partial charge in [-0.1, -0.05) is 12.1 Å². The van der Waals surface area contributed by atoms with Gasteiger partial charge in [0.2, 0.25) is 0 Å². The second-order valence-corrected chi connectivity index (χ2v) is 4.66. The molecule has 0 aromatic heterocycles. The summed E-state index contributed by atoms with van der Waals surface area (Å²) in [5, 5.41) is 9.09. The molecule has 6 heteroatoms. The molecule has 0 bridgehead atoms. The van der Waals surface area contributed by atoms with E-state index >= 15 is 0 Å². The number of carbonyl (C=O) groups is 2. The molecule has 1 amide bonds. The van der Waals surface area contributed by atoms with Crippen molar-refractivity contribution in [1.29, 1.82) is 0 Å². The van der Waals surface area contributed by atoms with Gasteiger partial charge in [0.25, 0.3) is 5.91 Å². The Morgan fingerprint density at radius 1 is 1.35 bits per heavy atom. The number of hydrogen-bond acceptors (Lipinski definition) is 3.